The van der Waals surface area contributed by atoms with Crippen molar-refractivity contribution in [2.75, 3.05) is 0 Å². The first-order valence-corrected chi connectivity index (χ1v) is 10.1. The lowest BCUT2D eigenvalue weighted by molar-refractivity contribution is -0.151. The van der Waals surface area contributed by atoms with Gasteiger partial charge in [-0.25, -0.2) is 28.1 Å². The fourth-order valence-electron chi connectivity index (χ4n) is 2.97. The molecule has 33 heavy (non-hydrogen) atoms. The molecule has 168 valence electrons. The van der Waals surface area contributed by atoms with E-state index in [0.29, 0.717) is 0 Å². The molecule has 3 aliphatic heterocycles. The van der Waals surface area contributed by atoms with E-state index in [1.807, 2.05) is 0 Å². The first-order valence-electron chi connectivity index (χ1n) is 8.16. The third-order valence-corrected chi connectivity index (χ3v) is 8.08. The van der Waals surface area contributed by atoms with Crippen molar-refractivity contribution in [2.45, 2.75) is 0 Å². The number of ketones is 3. The van der Waals surface area contributed by atoms with Gasteiger partial charge in [-0.3, -0.25) is 59.1 Å². The molecule has 0 radical (unpaired) electrons. The fraction of sp³-hybridized carbons (Fsp3) is 0. The monoisotopic (exact) mass is 478 g/mol. The van der Waals surface area contributed by atoms with Crippen molar-refractivity contribution in [2.24, 2.45) is 0 Å². The van der Waals surface area contributed by atoms with Gasteiger partial charge in [0.1, 0.15) is 0 Å². The molecule has 3 fully saturated rings. The van der Waals surface area contributed by atoms with E-state index < -0.39 is 79.4 Å². The van der Waals surface area contributed by atoms with Crippen LogP contribution < -0.4 is 16.0 Å². The Kier molecular flexibility index (Phi) is 4.90. The van der Waals surface area contributed by atoms with Crippen molar-refractivity contribution >= 4 is 79.4 Å². The van der Waals surface area contributed by atoms with Crippen LogP contribution >= 0.6 is 0 Å². The van der Waals surface area contributed by atoms with Crippen LogP contribution in [0.4, 0.5) is 14.4 Å². The molecule has 0 bridgehead atoms. The second kappa shape index (κ2) is 7.19. The van der Waals surface area contributed by atoms with Gasteiger partial charge < -0.3 is 0 Å². The van der Waals surface area contributed by atoms with E-state index in [9.17, 15) is 57.5 Å². The minimum atomic E-state index is -5.80. The van der Waals surface area contributed by atoms with Gasteiger partial charge in [-0.1, -0.05) is 0 Å². The molecular formula is C14H6N6O12Si. The molecule has 3 saturated heterocycles. The number of urea groups is 3. The molecule has 0 aromatic carbocycles. The molecule has 18 nitrogen and oxygen atoms in total. The molecule has 3 heterocycles. The van der Waals surface area contributed by atoms with Crippen LogP contribution in [-0.4, -0.2) is 93.1 Å². The Morgan fingerprint density at radius 2 is 0.758 bits per heavy atom. The molecule has 0 saturated carbocycles. The molecule has 0 aliphatic carbocycles. The van der Waals surface area contributed by atoms with E-state index in [1.54, 1.807) is 0 Å². The van der Waals surface area contributed by atoms with Crippen LogP contribution in [0.1, 0.15) is 0 Å². The molecular weight excluding hydrogens is 472 g/mol. The van der Waals surface area contributed by atoms with Gasteiger partial charge in [0.2, 0.25) is 0 Å². The number of rotatable bonds is 4. The number of carbonyl (C=O) groups is 12. The maximum atomic E-state index is 12.6. The number of imide groups is 6. The van der Waals surface area contributed by atoms with Gasteiger partial charge in [-0.15, -0.1) is 6.58 Å². The number of hydrogen-bond donors (Lipinski definition) is 3. The molecule has 0 aromatic rings. The summed E-state index contributed by atoms with van der Waals surface area (Å²) in [5.41, 5.74) is 0.286. The van der Waals surface area contributed by atoms with Crippen molar-refractivity contribution in [3.63, 3.8) is 0 Å². The molecule has 0 spiro atoms. The zero-order valence-electron chi connectivity index (χ0n) is 15.5. The highest BCUT2D eigenvalue weighted by Crippen LogP contribution is 2.28. The van der Waals surface area contributed by atoms with Crippen molar-refractivity contribution < 1.29 is 57.5 Å². The third kappa shape index (κ3) is 2.87. The average molecular weight is 478 g/mol. The minimum absolute atomic E-state index is 0.286. The fourth-order valence-corrected chi connectivity index (χ4v) is 6.39. The van der Waals surface area contributed by atoms with E-state index in [0.717, 1.165) is 0 Å². The zero-order valence-corrected chi connectivity index (χ0v) is 16.5. The van der Waals surface area contributed by atoms with Gasteiger partial charge in [0.25, 0.3) is 0 Å². The summed E-state index contributed by atoms with van der Waals surface area (Å²) >= 11 is 0. The second-order valence-electron chi connectivity index (χ2n) is 6.08. The summed E-state index contributed by atoms with van der Waals surface area (Å²) in [5, 5.41) is 4.04. The highest BCUT2D eigenvalue weighted by molar-refractivity contribution is 6.95. The number of Topliss-reactive ketones (excluding diaryl/α,β-unsaturated/α-hetero) is 3. The predicted molar refractivity (Wildman–Crippen MR) is 92.1 cm³/mol. The van der Waals surface area contributed by atoms with E-state index >= 15 is 0 Å². The number of carbonyl (C=O) groups excluding carboxylic acids is 12. The summed E-state index contributed by atoms with van der Waals surface area (Å²) in [6.07, 6.45) is 0. The number of nitrogens with one attached hydrogen (secondary N) is 3. The van der Waals surface area contributed by atoms with Gasteiger partial charge >= 0.3 is 79.4 Å². The summed E-state index contributed by atoms with van der Waals surface area (Å²) in [4.78, 5) is 146. The second-order valence-corrected chi connectivity index (χ2v) is 9.20. The van der Waals surface area contributed by atoms with Crippen LogP contribution in [0.25, 0.3) is 0 Å². The zero-order chi connectivity index (χ0) is 25.0. The first kappa shape index (κ1) is 22.5. The summed E-state index contributed by atoms with van der Waals surface area (Å²) in [5.74, 6) is -17.5. The number of nitrogens with zero attached hydrogens (tertiary/aromatic N) is 3. The molecule has 3 rings (SSSR count). The van der Waals surface area contributed by atoms with Gasteiger partial charge in [0.05, 0.1) is 0 Å². The summed E-state index contributed by atoms with van der Waals surface area (Å²) in [7, 11) is -5.80. The largest absolute Gasteiger partial charge is 0.439 e. The number of amides is 12. The summed E-state index contributed by atoms with van der Waals surface area (Å²) < 4.78 is -1.15. The number of barbiturate groups is 3. The first-order chi connectivity index (χ1) is 15.3. The standard InChI is InChI=1S/C14H6N6O12Si/c1-2-33(18-9(27)3(21)6(24)15-12(18)30,19-10(28)4(22)7(25)16-13(19)31)20-11(29)5(23)8(26)17-14(20)32/h2H,1H2,(H,15,24,30)(H,16,25,31)(H,17,26,32). The van der Waals surface area contributed by atoms with Crippen LogP contribution in [0, 0.1) is 0 Å². The molecule has 3 N–H and O–H groups in total. The Morgan fingerprint density at radius 1 is 0.515 bits per heavy atom. The molecule has 0 atom stereocenters. The van der Waals surface area contributed by atoms with Crippen molar-refractivity contribution in [3.05, 3.63) is 12.3 Å². The maximum Gasteiger partial charge on any atom is 0.439 e. The molecule has 0 unspecified atom stereocenters. The lowest BCUT2D eigenvalue weighted by Gasteiger charge is -2.48. The lowest BCUT2D eigenvalue weighted by Crippen LogP contribution is -2.87. The Balaban J connectivity index is 2.39. The van der Waals surface area contributed by atoms with Crippen LogP contribution in [0.15, 0.2) is 12.3 Å². The van der Waals surface area contributed by atoms with E-state index in [4.69, 9.17) is 0 Å². The highest BCUT2D eigenvalue weighted by atomic mass is 28.4. The highest BCUT2D eigenvalue weighted by Gasteiger charge is 2.69. The van der Waals surface area contributed by atoms with Gasteiger partial charge in [0, 0.05) is 0 Å². The Morgan fingerprint density at radius 3 is 0.970 bits per heavy atom. The van der Waals surface area contributed by atoms with Crippen LogP contribution in [0.3, 0.4) is 0 Å². The maximum absolute atomic E-state index is 12.6. The lowest BCUT2D eigenvalue weighted by atomic mass is 10.3. The Bertz CT molecular complexity index is 1080. The molecule has 0 aromatic heterocycles. The normalized spacial score (nSPS) is 20.3. The Labute approximate surface area is 179 Å². The predicted octanol–water partition coefficient (Wildman–Crippen LogP) is -5.41. The van der Waals surface area contributed by atoms with E-state index in [2.05, 4.69) is 6.58 Å². The van der Waals surface area contributed by atoms with Crippen LogP contribution in [0.2, 0.25) is 0 Å². The van der Waals surface area contributed by atoms with Crippen molar-refractivity contribution in [3.8, 4) is 0 Å². The van der Waals surface area contributed by atoms with Crippen LogP contribution in [0.5, 0.6) is 0 Å². The SMILES string of the molecule is C=C[Si](N1C(=O)NC(=O)C(=O)C1=O)(N1C(=O)NC(=O)C(=O)C1=O)N1C(=O)NC(=O)C(=O)C1=O. The minimum Gasteiger partial charge on any atom is -0.278 e. The smallest absolute Gasteiger partial charge is 0.278 e. The van der Waals surface area contributed by atoms with E-state index in [1.165, 1.54) is 16.0 Å². The van der Waals surface area contributed by atoms with E-state index in [-0.39, 0.29) is 19.4 Å². The average Bonchev–Trinajstić information content (AvgIpc) is 2.73. The molecule has 3 aliphatic rings. The quantitative estimate of drug-likeness (QED) is 0.253. The third-order valence-electron chi connectivity index (χ3n) is 4.34. The summed E-state index contributed by atoms with van der Waals surface area (Å²) in [6, 6.07) is -5.61. The molecule has 12 amide bonds. The van der Waals surface area contributed by atoms with Crippen LogP contribution in [-0.2, 0) is 43.2 Å². The number of hydrogen-bond acceptors (Lipinski definition) is 12. The Hall–Kier alpha value is -5.20. The van der Waals surface area contributed by atoms with Gasteiger partial charge in [-0.05, 0) is 5.70 Å². The van der Waals surface area contributed by atoms with Gasteiger partial charge in [-0.2, -0.15) is 0 Å². The van der Waals surface area contributed by atoms with Gasteiger partial charge in [0.15, 0.2) is 0 Å². The topological polar surface area (TPSA) is 251 Å². The van der Waals surface area contributed by atoms with Crippen molar-refractivity contribution in [1.29, 1.82) is 0 Å². The molecule has 19 heteroatoms. The van der Waals surface area contributed by atoms with Crippen molar-refractivity contribution in [1.82, 2.24) is 29.6 Å². The summed E-state index contributed by atoms with van der Waals surface area (Å²) in [6.45, 7) is 3.15.